The number of nitrogens with one attached hydrogen (secondary N) is 2. The van der Waals surface area contributed by atoms with E-state index >= 15 is 0 Å². The molecule has 156 valence electrons. The summed E-state index contributed by atoms with van der Waals surface area (Å²) in [5.74, 6) is 0.859. The van der Waals surface area contributed by atoms with Crippen LogP contribution in [0, 0.1) is 5.92 Å². The van der Waals surface area contributed by atoms with E-state index in [0.29, 0.717) is 25.2 Å². The fourth-order valence-corrected chi connectivity index (χ4v) is 3.63. The molecule has 0 unspecified atom stereocenters. The molecule has 30 heavy (non-hydrogen) atoms. The predicted molar refractivity (Wildman–Crippen MR) is 112 cm³/mol. The van der Waals surface area contributed by atoms with Crippen molar-refractivity contribution in [2.45, 2.75) is 19.3 Å². The average molecular weight is 407 g/mol. The first-order chi connectivity index (χ1) is 14.7. The molecule has 1 fully saturated rings. The number of carbonyl (C=O) groups excluding carboxylic acids is 2. The van der Waals surface area contributed by atoms with Gasteiger partial charge in [-0.15, -0.1) is 15.3 Å². The molecule has 0 saturated carbocycles. The Balaban J connectivity index is 1.16. The summed E-state index contributed by atoms with van der Waals surface area (Å²) < 4.78 is 1.65. The molecule has 0 aliphatic carbocycles. The van der Waals surface area contributed by atoms with Crippen LogP contribution in [0.5, 0.6) is 0 Å². The zero-order valence-corrected chi connectivity index (χ0v) is 16.7. The number of rotatable bonds is 7. The Kier molecular flexibility index (Phi) is 6.17. The van der Waals surface area contributed by atoms with Gasteiger partial charge in [0.1, 0.15) is 12.1 Å². The Bertz CT molecular complexity index is 997. The third kappa shape index (κ3) is 4.91. The molecule has 2 aromatic heterocycles. The van der Waals surface area contributed by atoms with E-state index in [0.717, 1.165) is 37.3 Å². The Hall–Kier alpha value is -3.49. The lowest BCUT2D eigenvalue weighted by atomic mass is 9.96. The maximum atomic E-state index is 12.4. The van der Waals surface area contributed by atoms with Gasteiger partial charge in [-0.1, -0.05) is 30.3 Å². The number of amides is 2. The van der Waals surface area contributed by atoms with Crippen molar-refractivity contribution in [3.8, 4) is 0 Å². The van der Waals surface area contributed by atoms with E-state index in [1.165, 1.54) is 0 Å². The Morgan fingerprint density at radius 1 is 1.00 bits per heavy atom. The minimum absolute atomic E-state index is 0.0140. The summed E-state index contributed by atoms with van der Waals surface area (Å²) in [7, 11) is 0. The van der Waals surface area contributed by atoms with Crippen LogP contribution in [0.1, 0.15) is 18.4 Å². The number of carbonyl (C=O) groups is 2. The first-order valence-electron chi connectivity index (χ1n) is 10.2. The van der Waals surface area contributed by atoms with E-state index in [-0.39, 0.29) is 17.7 Å². The van der Waals surface area contributed by atoms with Crippen LogP contribution in [-0.4, -0.2) is 57.8 Å². The fourth-order valence-electron chi connectivity index (χ4n) is 3.63. The van der Waals surface area contributed by atoms with Crippen LogP contribution >= 0.6 is 0 Å². The van der Waals surface area contributed by atoms with Gasteiger partial charge in [0.05, 0.1) is 6.42 Å². The number of benzene rings is 1. The third-order valence-electron chi connectivity index (χ3n) is 5.29. The van der Waals surface area contributed by atoms with Gasteiger partial charge in [-0.2, -0.15) is 4.52 Å². The third-order valence-corrected chi connectivity index (χ3v) is 5.29. The molecule has 0 bridgehead atoms. The van der Waals surface area contributed by atoms with Crippen molar-refractivity contribution >= 4 is 23.3 Å². The molecule has 1 saturated heterocycles. The van der Waals surface area contributed by atoms with Gasteiger partial charge >= 0.3 is 0 Å². The summed E-state index contributed by atoms with van der Waals surface area (Å²) >= 11 is 0. The minimum Gasteiger partial charge on any atom is -0.355 e. The van der Waals surface area contributed by atoms with E-state index in [1.807, 2.05) is 42.5 Å². The van der Waals surface area contributed by atoms with Gasteiger partial charge in [-0.05, 0) is 30.5 Å². The van der Waals surface area contributed by atoms with Crippen molar-refractivity contribution in [1.82, 2.24) is 30.4 Å². The molecule has 3 aromatic rings. The highest BCUT2D eigenvalue weighted by Gasteiger charge is 2.25. The topological polar surface area (TPSA) is 105 Å². The molecule has 3 heterocycles. The van der Waals surface area contributed by atoms with Crippen molar-refractivity contribution in [1.29, 1.82) is 0 Å². The zero-order chi connectivity index (χ0) is 20.8. The van der Waals surface area contributed by atoms with E-state index in [1.54, 1.807) is 10.8 Å². The number of hydrogen-bond acceptors (Lipinski definition) is 6. The fraction of sp³-hybridized carbons (Fsp3) is 0.381. The van der Waals surface area contributed by atoms with Crippen LogP contribution in [0.25, 0.3) is 5.65 Å². The Morgan fingerprint density at radius 2 is 1.77 bits per heavy atom. The van der Waals surface area contributed by atoms with Gasteiger partial charge in [0.15, 0.2) is 5.65 Å². The largest absolute Gasteiger partial charge is 0.355 e. The van der Waals surface area contributed by atoms with Crippen LogP contribution in [0.3, 0.4) is 0 Å². The maximum absolute atomic E-state index is 12.4. The number of nitrogens with zero attached hydrogens (tertiary/aromatic N) is 5. The van der Waals surface area contributed by atoms with Crippen molar-refractivity contribution in [2.75, 3.05) is 31.1 Å². The van der Waals surface area contributed by atoms with Crippen molar-refractivity contribution in [2.24, 2.45) is 5.92 Å². The monoisotopic (exact) mass is 407 g/mol. The predicted octanol–water partition coefficient (Wildman–Crippen LogP) is 0.816. The molecule has 1 aliphatic rings. The van der Waals surface area contributed by atoms with Crippen LogP contribution in [0.2, 0.25) is 0 Å². The molecular weight excluding hydrogens is 382 g/mol. The van der Waals surface area contributed by atoms with Gasteiger partial charge in [0.2, 0.25) is 11.8 Å². The minimum atomic E-state index is -0.0404. The quantitative estimate of drug-likeness (QED) is 0.562. The second-order valence-electron chi connectivity index (χ2n) is 7.39. The molecular formula is C21H25N7O2. The highest BCUT2D eigenvalue weighted by atomic mass is 16.2. The average Bonchev–Trinajstić information content (AvgIpc) is 3.25. The lowest BCUT2D eigenvalue weighted by Crippen LogP contribution is -2.43. The van der Waals surface area contributed by atoms with Crippen LogP contribution in [-0.2, 0) is 16.0 Å². The summed E-state index contributed by atoms with van der Waals surface area (Å²) in [6.45, 7) is 2.41. The first-order valence-corrected chi connectivity index (χ1v) is 10.2. The second-order valence-corrected chi connectivity index (χ2v) is 7.39. The standard InChI is InChI=1S/C21H25N7O2/c29-20(14-16-4-2-1-3-5-16)22-10-11-23-21(30)17-8-12-27(13-9-17)19-7-6-18-25-24-15-28(18)26-19/h1-7,15,17H,8-14H2,(H,22,29)(H,23,30). The summed E-state index contributed by atoms with van der Waals surface area (Å²) in [6, 6.07) is 13.4. The summed E-state index contributed by atoms with van der Waals surface area (Å²) in [4.78, 5) is 26.6. The van der Waals surface area contributed by atoms with Gasteiger partial charge < -0.3 is 15.5 Å². The van der Waals surface area contributed by atoms with Gasteiger partial charge in [-0.3, -0.25) is 9.59 Å². The van der Waals surface area contributed by atoms with Crippen molar-refractivity contribution in [3.05, 3.63) is 54.4 Å². The maximum Gasteiger partial charge on any atom is 0.224 e. The number of hydrogen-bond donors (Lipinski definition) is 2. The number of anilines is 1. The number of aromatic nitrogens is 4. The van der Waals surface area contributed by atoms with E-state index < -0.39 is 0 Å². The first kappa shape index (κ1) is 19.8. The molecule has 2 N–H and O–H groups in total. The highest BCUT2D eigenvalue weighted by molar-refractivity contribution is 5.80. The summed E-state index contributed by atoms with van der Waals surface area (Å²) in [5, 5.41) is 18.1. The van der Waals surface area contributed by atoms with Crippen LogP contribution in [0.4, 0.5) is 5.82 Å². The van der Waals surface area contributed by atoms with E-state index in [9.17, 15) is 9.59 Å². The Labute approximate surface area is 174 Å². The van der Waals surface area contributed by atoms with Crippen LogP contribution < -0.4 is 15.5 Å². The molecule has 1 aromatic carbocycles. The van der Waals surface area contributed by atoms with Gasteiger partial charge in [0, 0.05) is 32.1 Å². The molecule has 1 aliphatic heterocycles. The molecule has 0 atom stereocenters. The summed E-state index contributed by atoms with van der Waals surface area (Å²) in [5.41, 5.74) is 1.69. The lowest BCUT2D eigenvalue weighted by molar-refractivity contribution is -0.126. The smallest absolute Gasteiger partial charge is 0.224 e. The second kappa shape index (κ2) is 9.34. The van der Waals surface area contributed by atoms with Crippen molar-refractivity contribution in [3.63, 3.8) is 0 Å². The molecule has 9 heteroatoms. The molecule has 9 nitrogen and oxygen atoms in total. The van der Waals surface area contributed by atoms with Gasteiger partial charge in [0.25, 0.3) is 0 Å². The molecule has 0 radical (unpaired) electrons. The molecule has 2 amide bonds. The van der Waals surface area contributed by atoms with E-state index in [2.05, 4.69) is 30.8 Å². The highest BCUT2D eigenvalue weighted by Crippen LogP contribution is 2.22. The van der Waals surface area contributed by atoms with Crippen molar-refractivity contribution < 1.29 is 9.59 Å². The molecule has 4 rings (SSSR count). The van der Waals surface area contributed by atoms with E-state index in [4.69, 9.17) is 0 Å². The Morgan fingerprint density at radius 3 is 2.57 bits per heavy atom. The number of fused-ring (bicyclic) bond motifs is 1. The number of piperidine rings is 1. The molecule has 0 spiro atoms. The SMILES string of the molecule is O=C(Cc1ccccc1)NCCNC(=O)C1CCN(c2ccc3nncn3n2)CC1. The van der Waals surface area contributed by atoms with Gasteiger partial charge in [-0.25, -0.2) is 0 Å². The summed E-state index contributed by atoms with van der Waals surface area (Å²) in [6.07, 6.45) is 3.47. The van der Waals surface area contributed by atoms with Crippen LogP contribution in [0.15, 0.2) is 48.8 Å². The zero-order valence-electron chi connectivity index (χ0n) is 16.7. The lowest BCUT2D eigenvalue weighted by Gasteiger charge is -2.32. The normalized spacial score (nSPS) is 14.6.